The first kappa shape index (κ1) is 18.7. The largest absolute Gasteiger partial charge is 0.491 e. The van der Waals surface area contributed by atoms with Gasteiger partial charge in [0.1, 0.15) is 31.0 Å². The number of quaternary nitrogens is 1. The molecule has 0 spiro atoms. The van der Waals surface area contributed by atoms with Gasteiger partial charge in [-0.05, 0) is 31.2 Å². The Labute approximate surface area is 148 Å². The topological polar surface area (TPSA) is 55.3 Å². The van der Waals surface area contributed by atoms with Gasteiger partial charge in [-0.1, -0.05) is 41.9 Å². The molecule has 0 unspecified atom stereocenters. The lowest BCUT2D eigenvalue weighted by Gasteiger charge is -2.15. The van der Waals surface area contributed by atoms with Crippen molar-refractivity contribution in [2.24, 2.45) is 0 Å². The first-order valence-corrected chi connectivity index (χ1v) is 8.55. The van der Waals surface area contributed by atoms with Gasteiger partial charge in [-0.15, -0.1) is 0 Å². The number of aliphatic hydroxyl groups is 1. The maximum atomic E-state index is 9.98. The predicted molar refractivity (Wildman–Crippen MR) is 95.4 cm³/mol. The molecule has 0 saturated carbocycles. The van der Waals surface area contributed by atoms with Crippen molar-refractivity contribution in [1.29, 1.82) is 0 Å². The van der Waals surface area contributed by atoms with E-state index in [-0.39, 0.29) is 0 Å². The molecule has 2 aromatic rings. The van der Waals surface area contributed by atoms with E-state index in [1.807, 2.05) is 30.3 Å². The first-order valence-electron chi connectivity index (χ1n) is 8.17. The molecule has 0 heterocycles. The third kappa shape index (κ3) is 6.89. The number of hydrogen-bond acceptors (Lipinski definition) is 3. The van der Waals surface area contributed by atoms with Crippen molar-refractivity contribution in [2.75, 3.05) is 26.4 Å². The molecule has 2 aromatic carbocycles. The van der Waals surface area contributed by atoms with Crippen LogP contribution in [0.3, 0.4) is 0 Å². The quantitative estimate of drug-likeness (QED) is 0.647. The van der Waals surface area contributed by atoms with Gasteiger partial charge >= 0.3 is 0 Å². The SMILES string of the molecule is C[C@H]([NH2+]C[C@@H](O)COCCOc1ccc(Cl)cc1)c1ccccc1. The third-order valence-electron chi connectivity index (χ3n) is 3.71. The third-order valence-corrected chi connectivity index (χ3v) is 3.96. The normalized spacial score (nSPS) is 13.5. The molecule has 24 heavy (non-hydrogen) atoms. The summed E-state index contributed by atoms with van der Waals surface area (Å²) in [5, 5.41) is 12.8. The number of hydrogen-bond donors (Lipinski definition) is 2. The Morgan fingerprint density at radius 1 is 1.04 bits per heavy atom. The number of nitrogens with two attached hydrogens (primary N) is 1. The lowest BCUT2D eigenvalue weighted by molar-refractivity contribution is -0.698. The second kappa shape index (κ2) is 10.3. The van der Waals surface area contributed by atoms with E-state index in [9.17, 15) is 5.11 Å². The van der Waals surface area contributed by atoms with Crippen LogP contribution in [0.4, 0.5) is 0 Å². The summed E-state index contributed by atoms with van der Waals surface area (Å²) in [6, 6.07) is 17.8. The molecule has 0 bridgehead atoms. The molecule has 0 radical (unpaired) electrons. The molecular weight excluding hydrogens is 326 g/mol. The first-order chi connectivity index (χ1) is 11.6. The number of rotatable bonds is 10. The lowest BCUT2D eigenvalue weighted by Crippen LogP contribution is -2.87. The molecule has 5 heteroatoms. The highest BCUT2D eigenvalue weighted by Crippen LogP contribution is 2.15. The summed E-state index contributed by atoms with van der Waals surface area (Å²) in [4.78, 5) is 0. The van der Waals surface area contributed by atoms with E-state index >= 15 is 0 Å². The van der Waals surface area contributed by atoms with Crippen LogP contribution in [0.25, 0.3) is 0 Å². The van der Waals surface area contributed by atoms with Crippen molar-refractivity contribution in [3.8, 4) is 5.75 Å². The minimum absolute atomic E-state index is 0.308. The van der Waals surface area contributed by atoms with Gasteiger partial charge in [0.05, 0.1) is 13.2 Å². The van der Waals surface area contributed by atoms with Gasteiger partial charge in [-0.2, -0.15) is 0 Å². The van der Waals surface area contributed by atoms with E-state index < -0.39 is 6.10 Å². The molecule has 0 aliphatic carbocycles. The Morgan fingerprint density at radius 3 is 2.46 bits per heavy atom. The van der Waals surface area contributed by atoms with Crippen molar-refractivity contribution in [3.05, 3.63) is 65.2 Å². The minimum Gasteiger partial charge on any atom is -0.491 e. The lowest BCUT2D eigenvalue weighted by atomic mass is 10.1. The zero-order valence-corrected chi connectivity index (χ0v) is 14.7. The Morgan fingerprint density at radius 2 is 1.75 bits per heavy atom. The zero-order valence-electron chi connectivity index (χ0n) is 13.9. The Balaban J connectivity index is 1.55. The molecule has 0 amide bonds. The summed E-state index contributed by atoms with van der Waals surface area (Å²) < 4.78 is 11.0. The number of benzene rings is 2. The molecule has 2 atom stereocenters. The van der Waals surface area contributed by atoms with Gasteiger partial charge in [0.2, 0.25) is 0 Å². The molecule has 0 aliphatic rings. The average Bonchev–Trinajstić information content (AvgIpc) is 2.61. The Kier molecular flexibility index (Phi) is 8.05. The van der Waals surface area contributed by atoms with Crippen LogP contribution in [0.5, 0.6) is 5.75 Å². The van der Waals surface area contributed by atoms with Crippen LogP contribution >= 0.6 is 11.6 Å². The fourth-order valence-electron chi connectivity index (χ4n) is 2.29. The van der Waals surface area contributed by atoms with Gasteiger partial charge in [-0.25, -0.2) is 0 Å². The van der Waals surface area contributed by atoms with Crippen molar-refractivity contribution in [3.63, 3.8) is 0 Å². The van der Waals surface area contributed by atoms with Gasteiger partial charge in [0.25, 0.3) is 0 Å². The fourth-order valence-corrected chi connectivity index (χ4v) is 2.42. The van der Waals surface area contributed by atoms with E-state index in [0.29, 0.717) is 37.4 Å². The molecule has 130 valence electrons. The van der Waals surface area contributed by atoms with Crippen molar-refractivity contribution in [2.45, 2.75) is 19.1 Å². The van der Waals surface area contributed by atoms with E-state index in [2.05, 4.69) is 24.4 Å². The Bertz CT molecular complexity index is 577. The second-order valence-corrected chi connectivity index (χ2v) is 6.14. The molecule has 0 saturated heterocycles. The highest BCUT2D eigenvalue weighted by atomic mass is 35.5. The number of ether oxygens (including phenoxy) is 2. The maximum Gasteiger partial charge on any atom is 0.126 e. The molecule has 2 rings (SSSR count). The van der Waals surface area contributed by atoms with Crippen LogP contribution in [-0.2, 0) is 4.74 Å². The second-order valence-electron chi connectivity index (χ2n) is 5.70. The monoisotopic (exact) mass is 350 g/mol. The minimum atomic E-state index is -0.494. The van der Waals surface area contributed by atoms with Crippen LogP contribution < -0.4 is 10.1 Å². The van der Waals surface area contributed by atoms with E-state index in [1.165, 1.54) is 5.56 Å². The summed E-state index contributed by atoms with van der Waals surface area (Å²) in [5.74, 6) is 0.758. The molecule has 0 aliphatic heterocycles. The standard InChI is InChI=1S/C19H24ClNO3/c1-15(16-5-3-2-4-6-16)21-13-18(22)14-23-11-12-24-19-9-7-17(20)8-10-19/h2-10,15,18,21-22H,11-14H2,1H3/p+1/t15-,18+/m0/s1. The van der Waals surface area contributed by atoms with Crippen LogP contribution in [0.15, 0.2) is 54.6 Å². The van der Waals surface area contributed by atoms with E-state index in [0.717, 1.165) is 5.75 Å². The van der Waals surface area contributed by atoms with Crippen LogP contribution in [-0.4, -0.2) is 37.6 Å². The summed E-state index contributed by atoms with van der Waals surface area (Å²) in [6.07, 6.45) is -0.494. The van der Waals surface area contributed by atoms with Gasteiger partial charge in [-0.3, -0.25) is 0 Å². The van der Waals surface area contributed by atoms with Crippen molar-refractivity contribution >= 4 is 11.6 Å². The molecule has 4 nitrogen and oxygen atoms in total. The molecule has 0 fully saturated rings. The summed E-state index contributed by atoms with van der Waals surface area (Å²) in [6.45, 7) is 3.92. The summed E-state index contributed by atoms with van der Waals surface area (Å²) in [7, 11) is 0. The van der Waals surface area contributed by atoms with Gasteiger partial charge < -0.3 is 19.9 Å². The molecular formula is C19H25ClNO3+. The van der Waals surface area contributed by atoms with E-state index in [4.69, 9.17) is 21.1 Å². The van der Waals surface area contributed by atoms with Crippen molar-refractivity contribution < 1.29 is 19.9 Å². The zero-order chi connectivity index (χ0) is 17.2. The smallest absolute Gasteiger partial charge is 0.126 e. The van der Waals surface area contributed by atoms with Gasteiger partial charge in [0, 0.05) is 10.6 Å². The maximum absolute atomic E-state index is 9.98. The number of aliphatic hydroxyl groups excluding tert-OH is 1. The predicted octanol–water partition coefficient (Wildman–Crippen LogP) is 2.42. The number of halogens is 1. The van der Waals surface area contributed by atoms with Crippen molar-refractivity contribution in [1.82, 2.24) is 0 Å². The van der Waals surface area contributed by atoms with Gasteiger partial charge in [0.15, 0.2) is 0 Å². The average molecular weight is 351 g/mol. The van der Waals surface area contributed by atoms with Crippen LogP contribution in [0.1, 0.15) is 18.5 Å². The Hall–Kier alpha value is -1.59. The van der Waals surface area contributed by atoms with Crippen LogP contribution in [0.2, 0.25) is 5.02 Å². The van der Waals surface area contributed by atoms with Crippen LogP contribution in [0, 0.1) is 0 Å². The summed E-state index contributed by atoms with van der Waals surface area (Å²) >= 11 is 5.81. The fraction of sp³-hybridized carbons (Fsp3) is 0.368. The highest BCUT2D eigenvalue weighted by Gasteiger charge is 2.12. The molecule has 0 aromatic heterocycles. The highest BCUT2D eigenvalue weighted by molar-refractivity contribution is 6.30. The summed E-state index contributed by atoms with van der Waals surface area (Å²) in [5.41, 5.74) is 1.25. The van der Waals surface area contributed by atoms with E-state index in [1.54, 1.807) is 12.1 Å². The molecule has 3 N–H and O–H groups in total.